The molecule has 0 saturated heterocycles. The second kappa shape index (κ2) is 6.04. The van der Waals surface area contributed by atoms with Crippen LogP contribution in [-0.4, -0.2) is 4.98 Å². The van der Waals surface area contributed by atoms with E-state index in [2.05, 4.69) is 33.9 Å². The fourth-order valence-corrected chi connectivity index (χ4v) is 2.78. The van der Waals surface area contributed by atoms with Crippen LogP contribution in [0.2, 0.25) is 5.02 Å². The second-order valence-electron chi connectivity index (χ2n) is 4.72. The topological polar surface area (TPSA) is 22.1 Å². The summed E-state index contributed by atoms with van der Waals surface area (Å²) in [5.41, 5.74) is 2.96. The first-order valence-electron chi connectivity index (χ1n) is 6.56. The number of pyridine rings is 1. The molecule has 1 aromatic heterocycles. The number of para-hydroxylation sites is 1. The van der Waals surface area contributed by atoms with Crippen molar-refractivity contribution in [3.63, 3.8) is 0 Å². The molecule has 106 valence electrons. The van der Waals surface area contributed by atoms with Crippen LogP contribution in [0.4, 0.5) is 0 Å². The van der Waals surface area contributed by atoms with Gasteiger partial charge in [0.2, 0.25) is 0 Å². The fraction of sp³-hybridized carbons (Fsp3) is 0.118. The normalized spacial score (nSPS) is 10.8. The van der Waals surface area contributed by atoms with Crippen LogP contribution in [0.25, 0.3) is 10.9 Å². The number of benzene rings is 2. The van der Waals surface area contributed by atoms with E-state index in [9.17, 15) is 0 Å². The van der Waals surface area contributed by atoms with Crippen molar-refractivity contribution in [2.75, 3.05) is 0 Å². The van der Waals surface area contributed by atoms with Gasteiger partial charge in [-0.2, -0.15) is 0 Å². The Bertz CT molecular complexity index is 787. The number of halogens is 2. The van der Waals surface area contributed by atoms with Crippen LogP contribution >= 0.6 is 27.5 Å². The lowest BCUT2D eigenvalue weighted by Crippen LogP contribution is -1.97. The van der Waals surface area contributed by atoms with Gasteiger partial charge in [-0.05, 0) is 37.3 Å². The Labute approximate surface area is 136 Å². The molecule has 0 radical (unpaired) electrons. The van der Waals surface area contributed by atoms with Gasteiger partial charge in [0.1, 0.15) is 5.75 Å². The van der Waals surface area contributed by atoms with Crippen molar-refractivity contribution in [3.8, 4) is 11.5 Å². The highest BCUT2D eigenvalue weighted by Gasteiger charge is 2.13. The molecule has 0 saturated carbocycles. The third-order valence-electron chi connectivity index (χ3n) is 3.33. The maximum absolute atomic E-state index is 6.04. The Hall–Kier alpha value is -1.58. The standard InChI is InChI=1S/C17H13BrClNO/c1-11-14-4-2-3-5-15(14)20-16(10-18)17(11)21-13-8-6-12(19)7-9-13/h2-9H,10H2,1H3. The van der Waals surface area contributed by atoms with E-state index < -0.39 is 0 Å². The predicted octanol–water partition coefficient (Wildman–Crippen LogP) is 5.88. The summed E-state index contributed by atoms with van der Waals surface area (Å²) < 4.78 is 6.04. The molecule has 2 nitrogen and oxygen atoms in total. The number of nitrogens with zero attached hydrogens (tertiary/aromatic N) is 1. The molecule has 0 atom stereocenters. The van der Waals surface area contributed by atoms with Gasteiger partial charge < -0.3 is 4.74 Å². The minimum atomic E-state index is 0.640. The van der Waals surface area contributed by atoms with Crippen LogP contribution in [0.15, 0.2) is 48.5 Å². The third kappa shape index (κ3) is 2.89. The molecule has 0 amide bonds. The fourth-order valence-electron chi connectivity index (χ4n) is 2.27. The molecule has 3 aromatic rings. The summed E-state index contributed by atoms with van der Waals surface area (Å²) in [4.78, 5) is 4.67. The van der Waals surface area contributed by atoms with Gasteiger partial charge in [0, 0.05) is 21.3 Å². The largest absolute Gasteiger partial charge is 0.455 e. The summed E-state index contributed by atoms with van der Waals surface area (Å²) in [7, 11) is 0. The van der Waals surface area contributed by atoms with Crippen LogP contribution in [0.1, 0.15) is 11.3 Å². The van der Waals surface area contributed by atoms with Crippen molar-refractivity contribution in [1.29, 1.82) is 0 Å². The van der Waals surface area contributed by atoms with Crippen molar-refractivity contribution in [2.24, 2.45) is 0 Å². The van der Waals surface area contributed by atoms with Crippen LogP contribution in [0.5, 0.6) is 11.5 Å². The third-order valence-corrected chi connectivity index (χ3v) is 4.11. The number of aromatic nitrogens is 1. The van der Waals surface area contributed by atoms with Gasteiger partial charge in [-0.25, -0.2) is 4.98 Å². The zero-order chi connectivity index (χ0) is 14.8. The molecule has 4 heteroatoms. The summed E-state index contributed by atoms with van der Waals surface area (Å²) in [6.07, 6.45) is 0. The molecule has 0 bridgehead atoms. The lowest BCUT2D eigenvalue weighted by Gasteiger charge is -2.14. The minimum absolute atomic E-state index is 0.640. The zero-order valence-electron chi connectivity index (χ0n) is 11.4. The molecule has 1 heterocycles. The Kier molecular flexibility index (Phi) is 4.13. The number of fused-ring (bicyclic) bond motifs is 1. The first-order chi connectivity index (χ1) is 10.2. The smallest absolute Gasteiger partial charge is 0.153 e. The van der Waals surface area contributed by atoms with Gasteiger partial charge in [-0.1, -0.05) is 45.7 Å². The molecule has 0 aliphatic rings. The SMILES string of the molecule is Cc1c(Oc2ccc(Cl)cc2)c(CBr)nc2ccccc12. The summed E-state index contributed by atoms with van der Waals surface area (Å²) in [5, 5.41) is 2.43. The Morgan fingerprint density at radius 1 is 1.10 bits per heavy atom. The highest BCUT2D eigenvalue weighted by atomic mass is 79.9. The van der Waals surface area contributed by atoms with E-state index in [0.717, 1.165) is 33.7 Å². The number of hydrogen-bond acceptors (Lipinski definition) is 2. The highest BCUT2D eigenvalue weighted by molar-refractivity contribution is 9.08. The predicted molar refractivity (Wildman–Crippen MR) is 90.6 cm³/mol. The molecule has 0 N–H and O–H groups in total. The average molecular weight is 363 g/mol. The highest BCUT2D eigenvalue weighted by Crippen LogP contribution is 2.34. The number of rotatable bonds is 3. The lowest BCUT2D eigenvalue weighted by atomic mass is 10.1. The van der Waals surface area contributed by atoms with E-state index >= 15 is 0 Å². The van der Waals surface area contributed by atoms with Crippen LogP contribution < -0.4 is 4.74 Å². The molecule has 21 heavy (non-hydrogen) atoms. The van der Waals surface area contributed by atoms with Gasteiger partial charge in [0.25, 0.3) is 0 Å². The maximum Gasteiger partial charge on any atom is 0.153 e. The van der Waals surface area contributed by atoms with E-state index in [4.69, 9.17) is 16.3 Å². The minimum Gasteiger partial charge on any atom is -0.455 e. The molecule has 3 rings (SSSR count). The molecule has 0 fully saturated rings. The lowest BCUT2D eigenvalue weighted by molar-refractivity contribution is 0.473. The Balaban J connectivity index is 2.12. The van der Waals surface area contributed by atoms with E-state index in [1.54, 1.807) is 0 Å². The summed E-state index contributed by atoms with van der Waals surface area (Å²) >= 11 is 9.40. The van der Waals surface area contributed by atoms with Gasteiger partial charge in [-0.3, -0.25) is 0 Å². The van der Waals surface area contributed by atoms with Gasteiger partial charge in [0.15, 0.2) is 5.75 Å². The second-order valence-corrected chi connectivity index (χ2v) is 5.72. The van der Waals surface area contributed by atoms with E-state index in [1.807, 2.05) is 42.5 Å². The maximum atomic E-state index is 6.04. The molecule has 0 aliphatic carbocycles. The number of alkyl halides is 1. The zero-order valence-corrected chi connectivity index (χ0v) is 13.8. The first-order valence-corrected chi connectivity index (χ1v) is 8.06. The Morgan fingerprint density at radius 2 is 1.81 bits per heavy atom. The van der Waals surface area contributed by atoms with Crippen molar-refractivity contribution >= 4 is 38.4 Å². The number of aryl methyl sites for hydroxylation is 1. The molecular weight excluding hydrogens is 350 g/mol. The average Bonchev–Trinajstić information content (AvgIpc) is 2.52. The number of ether oxygens (including phenoxy) is 1. The molecule has 0 aliphatic heterocycles. The van der Waals surface area contributed by atoms with Gasteiger partial charge in [0.05, 0.1) is 11.2 Å². The van der Waals surface area contributed by atoms with E-state index in [1.165, 1.54) is 0 Å². The van der Waals surface area contributed by atoms with Crippen molar-refractivity contribution in [2.45, 2.75) is 12.3 Å². The van der Waals surface area contributed by atoms with E-state index in [-0.39, 0.29) is 0 Å². The molecule has 0 spiro atoms. The van der Waals surface area contributed by atoms with Crippen molar-refractivity contribution < 1.29 is 4.74 Å². The summed E-state index contributed by atoms with van der Waals surface area (Å²) in [6, 6.07) is 15.4. The molecular formula is C17H13BrClNO. The quantitative estimate of drug-likeness (QED) is 0.542. The summed E-state index contributed by atoms with van der Waals surface area (Å²) in [6.45, 7) is 2.06. The van der Waals surface area contributed by atoms with Gasteiger partial charge >= 0.3 is 0 Å². The van der Waals surface area contributed by atoms with Crippen molar-refractivity contribution in [3.05, 3.63) is 64.8 Å². The van der Waals surface area contributed by atoms with E-state index in [0.29, 0.717) is 10.4 Å². The van der Waals surface area contributed by atoms with Crippen LogP contribution in [0, 0.1) is 6.92 Å². The monoisotopic (exact) mass is 361 g/mol. The molecule has 2 aromatic carbocycles. The number of hydrogen-bond donors (Lipinski definition) is 0. The Morgan fingerprint density at radius 3 is 2.52 bits per heavy atom. The van der Waals surface area contributed by atoms with Crippen molar-refractivity contribution in [1.82, 2.24) is 4.98 Å². The molecule has 0 unspecified atom stereocenters. The van der Waals surface area contributed by atoms with Crippen LogP contribution in [0.3, 0.4) is 0 Å². The van der Waals surface area contributed by atoms with Gasteiger partial charge in [-0.15, -0.1) is 0 Å². The van der Waals surface area contributed by atoms with Crippen LogP contribution in [-0.2, 0) is 5.33 Å². The summed E-state index contributed by atoms with van der Waals surface area (Å²) in [5.74, 6) is 1.55. The first kappa shape index (κ1) is 14.4.